The van der Waals surface area contributed by atoms with E-state index in [0.29, 0.717) is 6.54 Å². The van der Waals surface area contributed by atoms with Crippen LogP contribution in [0.5, 0.6) is 0 Å². The Morgan fingerprint density at radius 2 is 1.93 bits per heavy atom. The molecule has 29 heavy (non-hydrogen) atoms. The molecule has 1 heterocycles. The van der Waals surface area contributed by atoms with E-state index in [1.165, 1.54) is 29.8 Å². The van der Waals surface area contributed by atoms with Crippen LogP contribution in [0.4, 0.5) is 4.39 Å². The second-order valence-electron chi connectivity index (χ2n) is 7.31. The van der Waals surface area contributed by atoms with Crippen LogP contribution < -0.4 is 5.32 Å². The maximum atomic E-state index is 13.3. The third-order valence-electron chi connectivity index (χ3n) is 5.30. The fraction of sp³-hybridized carbons (Fsp3) is 0.409. The van der Waals surface area contributed by atoms with Crippen molar-refractivity contribution in [1.29, 1.82) is 0 Å². The van der Waals surface area contributed by atoms with E-state index in [-0.39, 0.29) is 24.8 Å². The van der Waals surface area contributed by atoms with Crippen LogP contribution in [0, 0.1) is 5.82 Å². The second-order valence-corrected chi connectivity index (χ2v) is 7.31. The van der Waals surface area contributed by atoms with Gasteiger partial charge in [0, 0.05) is 18.7 Å². The lowest BCUT2D eigenvalue weighted by atomic mass is 10.0. The van der Waals surface area contributed by atoms with Gasteiger partial charge in [-0.2, -0.15) is 0 Å². The van der Waals surface area contributed by atoms with E-state index < -0.39 is 30.0 Å². The molecule has 4 atom stereocenters. The van der Waals surface area contributed by atoms with Crippen molar-refractivity contribution in [2.45, 2.75) is 30.8 Å². The molecule has 156 valence electrons. The summed E-state index contributed by atoms with van der Waals surface area (Å²) in [4.78, 5) is 14.3. The van der Waals surface area contributed by atoms with Crippen LogP contribution >= 0.6 is 0 Å². The molecule has 1 aliphatic heterocycles. The van der Waals surface area contributed by atoms with Crippen LogP contribution in [0.15, 0.2) is 54.6 Å². The largest absolute Gasteiger partial charge is 0.394 e. The van der Waals surface area contributed by atoms with Gasteiger partial charge in [0.25, 0.3) is 5.91 Å². The number of ether oxygens (including phenoxy) is 1. The first-order valence-electron chi connectivity index (χ1n) is 9.72. The van der Waals surface area contributed by atoms with Gasteiger partial charge in [-0.25, -0.2) is 4.39 Å². The lowest BCUT2D eigenvalue weighted by Gasteiger charge is -2.30. The molecule has 2 aromatic carbocycles. The van der Waals surface area contributed by atoms with Crippen molar-refractivity contribution in [3.05, 3.63) is 71.5 Å². The highest BCUT2D eigenvalue weighted by atomic mass is 19.1. The first kappa shape index (κ1) is 21.4. The Bertz CT molecular complexity index is 804. The molecule has 1 amide bonds. The van der Waals surface area contributed by atoms with Crippen molar-refractivity contribution in [1.82, 2.24) is 10.2 Å². The van der Waals surface area contributed by atoms with Crippen molar-refractivity contribution in [3.63, 3.8) is 0 Å². The van der Waals surface area contributed by atoms with E-state index >= 15 is 0 Å². The maximum Gasteiger partial charge on any atom is 0.251 e. The number of carbonyl (C=O) groups is 1. The Kier molecular flexibility index (Phi) is 7.33. The second kappa shape index (κ2) is 9.93. The Hall–Kier alpha value is -2.32. The number of benzene rings is 2. The lowest BCUT2D eigenvalue weighted by Crippen LogP contribution is -2.50. The van der Waals surface area contributed by atoms with Gasteiger partial charge in [-0.05, 0) is 37.2 Å². The van der Waals surface area contributed by atoms with E-state index in [1.807, 2.05) is 42.3 Å². The van der Waals surface area contributed by atoms with Crippen LogP contribution in [0.2, 0.25) is 0 Å². The lowest BCUT2D eigenvalue weighted by molar-refractivity contribution is -0.0209. The number of halogens is 1. The average molecular weight is 402 g/mol. The summed E-state index contributed by atoms with van der Waals surface area (Å²) in [5.74, 6) is -0.898. The number of hydrogen-bond donors (Lipinski definition) is 3. The molecule has 0 radical (unpaired) electrons. The molecule has 0 aliphatic carbocycles. The van der Waals surface area contributed by atoms with Gasteiger partial charge in [0.1, 0.15) is 18.0 Å². The zero-order valence-corrected chi connectivity index (χ0v) is 16.4. The van der Waals surface area contributed by atoms with Crippen LogP contribution in [-0.2, 0) is 11.2 Å². The maximum absolute atomic E-state index is 13.3. The smallest absolute Gasteiger partial charge is 0.251 e. The molecule has 1 saturated heterocycles. The normalized spacial score (nSPS) is 24.0. The molecular formula is C22H27FN2O4. The van der Waals surface area contributed by atoms with Gasteiger partial charge in [0.2, 0.25) is 0 Å². The number of rotatable bonds is 8. The molecule has 0 bridgehead atoms. The first-order valence-corrected chi connectivity index (χ1v) is 9.72. The highest BCUT2D eigenvalue weighted by Gasteiger charge is 2.45. The predicted octanol–water partition coefficient (Wildman–Crippen LogP) is 1.22. The van der Waals surface area contributed by atoms with Gasteiger partial charge in [-0.3, -0.25) is 9.69 Å². The van der Waals surface area contributed by atoms with Crippen molar-refractivity contribution in [2.24, 2.45) is 0 Å². The highest BCUT2D eigenvalue weighted by molar-refractivity contribution is 5.94. The molecular weight excluding hydrogens is 375 g/mol. The molecule has 7 heteroatoms. The van der Waals surface area contributed by atoms with Gasteiger partial charge in [-0.15, -0.1) is 0 Å². The van der Waals surface area contributed by atoms with Crippen molar-refractivity contribution in [2.75, 3.05) is 26.7 Å². The summed E-state index contributed by atoms with van der Waals surface area (Å²) >= 11 is 0. The van der Waals surface area contributed by atoms with Crippen LogP contribution in [0.1, 0.15) is 15.9 Å². The number of nitrogens with one attached hydrogen (secondary N) is 1. The van der Waals surface area contributed by atoms with Crippen LogP contribution in [0.3, 0.4) is 0 Å². The average Bonchev–Trinajstić information content (AvgIpc) is 3.06. The van der Waals surface area contributed by atoms with E-state index in [2.05, 4.69) is 5.32 Å². The zero-order valence-electron chi connectivity index (χ0n) is 16.4. The summed E-state index contributed by atoms with van der Waals surface area (Å²) in [7, 11) is 1.89. The fourth-order valence-electron chi connectivity index (χ4n) is 3.71. The molecule has 3 N–H and O–H groups in total. The molecule has 1 aliphatic rings. The Morgan fingerprint density at radius 3 is 2.62 bits per heavy atom. The number of amides is 1. The molecule has 0 aromatic heterocycles. The molecule has 6 nitrogen and oxygen atoms in total. The number of nitrogens with zero attached hydrogens (tertiary/aromatic N) is 1. The molecule has 2 aromatic rings. The van der Waals surface area contributed by atoms with E-state index in [9.17, 15) is 19.4 Å². The number of carbonyl (C=O) groups excluding carboxylic acids is 1. The Labute approximate surface area is 169 Å². The minimum atomic E-state index is -0.878. The van der Waals surface area contributed by atoms with E-state index in [0.717, 1.165) is 6.42 Å². The van der Waals surface area contributed by atoms with Crippen molar-refractivity contribution >= 4 is 5.91 Å². The Balaban J connectivity index is 1.62. The summed E-state index contributed by atoms with van der Waals surface area (Å²) in [6, 6.07) is 15.1. The number of hydrogen-bond acceptors (Lipinski definition) is 5. The predicted molar refractivity (Wildman–Crippen MR) is 107 cm³/mol. The topological polar surface area (TPSA) is 82.0 Å². The summed E-state index contributed by atoms with van der Waals surface area (Å²) < 4.78 is 19.1. The molecule has 0 saturated carbocycles. The summed E-state index contributed by atoms with van der Waals surface area (Å²) in [6.07, 6.45) is -1.29. The van der Waals surface area contributed by atoms with E-state index in [1.54, 1.807) is 0 Å². The van der Waals surface area contributed by atoms with Gasteiger partial charge < -0.3 is 20.3 Å². The van der Waals surface area contributed by atoms with Gasteiger partial charge >= 0.3 is 0 Å². The molecule has 3 rings (SSSR count). The number of aliphatic hydroxyl groups is 2. The van der Waals surface area contributed by atoms with Crippen molar-refractivity contribution in [3.8, 4) is 0 Å². The van der Waals surface area contributed by atoms with E-state index in [4.69, 9.17) is 4.74 Å². The van der Waals surface area contributed by atoms with Gasteiger partial charge in [0.05, 0.1) is 18.8 Å². The third-order valence-corrected chi connectivity index (χ3v) is 5.30. The van der Waals surface area contributed by atoms with Crippen LogP contribution in [0.25, 0.3) is 0 Å². The fourth-order valence-corrected chi connectivity index (χ4v) is 3.71. The minimum absolute atomic E-state index is 0.142. The highest BCUT2D eigenvalue weighted by Crippen LogP contribution is 2.25. The van der Waals surface area contributed by atoms with Gasteiger partial charge in [-0.1, -0.05) is 36.4 Å². The molecule has 0 spiro atoms. The van der Waals surface area contributed by atoms with Gasteiger partial charge in [0.15, 0.2) is 0 Å². The molecule has 1 fully saturated rings. The van der Waals surface area contributed by atoms with Crippen molar-refractivity contribution < 1.29 is 24.1 Å². The molecule has 4 unspecified atom stereocenters. The first-order chi connectivity index (χ1) is 14.0. The van der Waals surface area contributed by atoms with Crippen LogP contribution in [-0.4, -0.2) is 72.1 Å². The summed E-state index contributed by atoms with van der Waals surface area (Å²) in [5, 5.41) is 22.9. The SMILES string of the molecule is CN(CCc1ccccc1)C1C(CNC(=O)c2cccc(F)c2)OC(CO)C1O. The summed E-state index contributed by atoms with van der Waals surface area (Å²) in [6.45, 7) is 0.517. The quantitative estimate of drug-likeness (QED) is 0.619. The minimum Gasteiger partial charge on any atom is -0.394 e. The number of aliphatic hydroxyl groups excluding tert-OH is 2. The Morgan fingerprint density at radius 1 is 1.17 bits per heavy atom. The zero-order chi connectivity index (χ0) is 20.8. The third kappa shape index (κ3) is 5.39. The standard InChI is InChI=1S/C22H27FN2O4/c1-25(11-10-15-6-3-2-4-7-15)20-18(29-19(14-26)21(20)27)13-24-22(28)16-8-5-9-17(23)12-16/h2-9,12,18-21,26-27H,10-11,13-14H2,1H3,(H,24,28). The summed E-state index contributed by atoms with van der Waals surface area (Å²) in [5.41, 5.74) is 1.40. The monoisotopic (exact) mass is 402 g/mol. The number of likely N-dealkylation sites (N-methyl/N-ethyl adjacent to an activating group) is 1.